The van der Waals surface area contributed by atoms with Gasteiger partial charge >= 0.3 is 0 Å². The zero-order valence-corrected chi connectivity index (χ0v) is 27.7. The van der Waals surface area contributed by atoms with E-state index >= 15 is 4.39 Å². The van der Waals surface area contributed by atoms with E-state index in [1.54, 1.807) is 25.1 Å². The molecule has 1 amide bonds. The Hall–Kier alpha value is -3.29. The van der Waals surface area contributed by atoms with Crippen molar-refractivity contribution in [1.29, 1.82) is 0 Å². The molecular weight excluding hydrogens is 629 g/mol. The van der Waals surface area contributed by atoms with E-state index in [0.717, 1.165) is 17.7 Å². The largest absolute Gasteiger partial charge is 0.376 e. The molecule has 254 valence electrons. The maximum absolute atomic E-state index is 15.4. The number of halogens is 3. The van der Waals surface area contributed by atoms with Crippen molar-refractivity contribution in [3.63, 3.8) is 0 Å². The first kappa shape index (κ1) is 35.0. The van der Waals surface area contributed by atoms with Crippen LogP contribution in [0.4, 0.5) is 18.9 Å². The van der Waals surface area contributed by atoms with Gasteiger partial charge in [0.15, 0.2) is 0 Å². The van der Waals surface area contributed by atoms with Crippen LogP contribution in [0.2, 0.25) is 0 Å². The van der Waals surface area contributed by atoms with Gasteiger partial charge in [0.2, 0.25) is 15.9 Å². The summed E-state index contributed by atoms with van der Waals surface area (Å²) < 4.78 is 77.4. The highest BCUT2D eigenvalue weighted by Crippen LogP contribution is 2.39. The highest BCUT2D eigenvalue weighted by atomic mass is 32.2. The minimum Gasteiger partial charge on any atom is -0.376 e. The number of carbonyl (C=O) groups is 1. The lowest BCUT2D eigenvalue weighted by atomic mass is 9.74. The summed E-state index contributed by atoms with van der Waals surface area (Å²) in [5, 5.41) is 6.10. The number of carbonyl (C=O) groups excluding carboxylic acids is 1. The van der Waals surface area contributed by atoms with Crippen molar-refractivity contribution in [3.05, 3.63) is 95.3 Å². The van der Waals surface area contributed by atoms with Crippen molar-refractivity contribution >= 4 is 21.6 Å². The predicted molar refractivity (Wildman–Crippen MR) is 175 cm³/mol. The van der Waals surface area contributed by atoms with Crippen LogP contribution in [0.15, 0.2) is 71.6 Å². The summed E-state index contributed by atoms with van der Waals surface area (Å²) in [6.45, 7) is 6.50. The molecule has 2 aliphatic rings. The fourth-order valence-electron chi connectivity index (χ4n) is 7.22. The highest BCUT2D eigenvalue weighted by Gasteiger charge is 2.39. The number of amides is 1. The molecule has 2 heterocycles. The first-order chi connectivity index (χ1) is 22.3. The molecule has 12 heteroatoms. The number of nitrogens with two attached hydrogens (primary N) is 1. The second kappa shape index (κ2) is 14.9. The first-order valence-corrected chi connectivity index (χ1v) is 17.5. The second-order valence-electron chi connectivity index (χ2n) is 12.8. The molecule has 3 aromatic carbocycles. The number of anilines is 1. The van der Waals surface area contributed by atoms with Gasteiger partial charge in [-0.1, -0.05) is 18.2 Å². The van der Waals surface area contributed by atoms with Gasteiger partial charge in [0.25, 0.3) is 0 Å². The molecule has 2 aliphatic heterocycles. The van der Waals surface area contributed by atoms with Gasteiger partial charge in [-0.2, -0.15) is 4.31 Å². The summed E-state index contributed by atoms with van der Waals surface area (Å²) >= 11 is 0. The Balaban J connectivity index is 1.36. The van der Waals surface area contributed by atoms with E-state index in [9.17, 15) is 22.0 Å². The third-order valence-corrected chi connectivity index (χ3v) is 11.4. The van der Waals surface area contributed by atoms with Gasteiger partial charge in [-0.15, -0.1) is 0 Å². The molecule has 47 heavy (non-hydrogen) atoms. The number of nitrogens with zero attached hydrogens (tertiary/aromatic N) is 1. The molecule has 0 spiro atoms. The molecule has 0 aromatic heterocycles. The normalized spacial score (nSPS) is 25.2. The van der Waals surface area contributed by atoms with E-state index in [4.69, 9.17) is 10.5 Å². The van der Waals surface area contributed by atoms with Crippen LogP contribution in [0.1, 0.15) is 57.1 Å². The summed E-state index contributed by atoms with van der Waals surface area (Å²) in [6.07, 6.45) is 1.64. The van der Waals surface area contributed by atoms with Crippen molar-refractivity contribution in [2.75, 3.05) is 18.4 Å². The third kappa shape index (κ3) is 8.06. The van der Waals surface area contributed by atoms with Gasteiger partial charge < -0.3 is 21.1 Å². The minimum atomic E-state index is -3.98. The van der Waals surface area contributed by atoms with Gasteiger partial charge in [-0.25, -0.2) is 21.6 Å². The molecule has 3 aromatic rings. The number of piperazine rings is 1. The van der Waals surface area contributed by atoms with Crippen molar-refractivity contribution in [2.24, 2.45) is 11.7 Å². The number of nitrogens with one attached hydrogen (secondary N) is 2. The predicted octanol–water partition coefficient (Wildman–Crippen LogP) is 5.34. The summed E-state index contributed by atoms with van der Waals surface area (Å²) in [5.74, 6) is -2.43. The van der Waals surface area contributed by atoms with Gasteiger partial charge in [0.05, 0.1) is 23.1 Å². The molecular formula is C35H43F3N4O4S. The van der Waals surface area contributed by atoms with Crippen molar-refractivity contribution in [2.45, 2.75) is 87.6 Å². The number of hydrogen-bond donors (Lipinski definition) is 3. The molecule has 0 radical (unpaired) electrons. The van der Waals surface area contributed by atoms with Gasteiger partial charge in [0, 0.05) is 42.3 Å². The van der Waals surface area contributed by atoms with E-state index in [0.29, 0.717) is 25.9 Å². The first-order valence-electron chi connectivity index (χ1n) is 16.1. The number of ether oxygens (including phenoxy) is 1. The van der Waals surface area contributed by atoms with Gasteiger partial charge in [-0.3, -0.25) is 4.79 Å². The van der Waals surface area contributed by atoms with Crippen LogP contribution in [-0.4, -0.2) is 62.1 Å². The standard InChI is InChI=1S/C35H43F3N4O4S/c1-21-19-40-20-28(42(21)47(44,45)29-14-11-27(37)12-15-29)13-16-30-31(38)5-4-6-32(30)41-35(43)34(39)33(24-7-9-26(36)10-8-24)25-17-22(2)46-23(3)18-25/h4-12,14-15,21-23,25,28,33-34,40H,13,16-20,39H2,1-3H3,(H,41,43)/t21-,22-,23+,25?,28+,33+,34+/m1/s1. The van der Waals surface area contributed by atoms with E-state index in [-0.39, 0.29) is 47.1 Å². The van der Waals surface area contributed by atoms with Crippen LogP contribution < -0.4 is 16.4 Å². The lowest BCUT2D eigenvalue weighted by Gasteiger charge is -2.40. The molecule has 7 atom stereocenters. The lowest BCUT2D eigenvalue weighted by Crippen LogP contribution is -2.58. The highest BCUT2D eigenvalue weighted by molar-refractivity contribution is 7.89. The smallest absolute Gasteiger partial charge is 0.243 e. The summed E-state index contributed by atoms with van der Waals surface area (Å²) in [6, 6.07) is 13.1. The van der Waals surface area contributed by atoms with Crippen LogP contribution in [0.5, 0.6) is 0 Å². The lowest BCUT2D eigenvalue weighted by molar-refractivity contribution is -0.119. The molecule has 0 saturated carbocycles. The van der Waals surface area contributed by atoms with Crippen LogP contribution in [0.3, 0.4) is 0 Å². The summed E-state index contributed by atoms with van der Waals surface area (Å²) in [5.41, 5.74) is 7.90. The fraction of sp³-hybridized carbons (Fsp3) is 0.457. The Labute approximate surface area is 274 Å². The number of benzene rings is 3. The van der Waals surface area contributed by atoms with E-state index in [1.165, 1.54) is 40.7 Å². The second-order valence-corrected chi connectivity index (χ2v) is 14.7. The van der Waals surface area contributed by atoms with E-state index < -0.39 is 57.4 Å². The third-order valence-electron chi connectivity index (χ3n) is 9.29. The van der Waals surface area contributed by atoms with Crippen molar-refractivity contribution in [1.82, 2.24) is 9.62 Å². The summed E-state index contributed by atoms with van der Waals surface area (Å²) in [4.78, 5) is 13.8. The van der Waals surface area contributed by atoms with Crippen LogP contribution in [0, 0.1) is 23.4 Å². The minimum absolute atomic E-state index is 0.0122. The Kier molecular flexibility index (Phi) is 11.1. The van der Waals surface area contributed by atoms with Crippen molar-refractivity contribution in [3.8, 4) is 0 Å². The summed E-state index contributed by atoms with van der Waals surface area (Å²) in [7, 11) is -3.98. The van der Waals surface area contributed by atoms with E-state index in [1.807, 2.05) is 13.8 Å². The van der Waals surface area contributed by atoms with E-state index in [2.05, 4.69) is 10.6 Å². The van der Waals surface area contributed by atoms with Crippen molar-refractivity contribution < 1.29 is 31.1 Å². The molecule has 2 saturated heterocycles. The zero-order valence-electron chi connectivity index (χ0n) is 26.8. The maximum Gasteiger partial charge on any atom is 0.243 e. The monoisotopic (exact) mass is 672 g/mol. The molecule has 0 aliphatic carbocycles. The molecule has 8 nitrogen and oxygen atoms in total. The molecule has 1 unspecified atom stereocenters. The van der Waals surface area contributed by atoms with Gasteiger partial charge in [0.1, 0.15) is 17.5 Å². The maximum atomic E-state index is 15.4. The van der Waals surface area contributed by atoms with Crippen LogP contribution in [-0.2, 0) is 26.0 Å². The number of sulfonamides is 1. The van der Waals surface area contributed by atoms with Crippen LogP contribution in [0.25, 0.3) is 0 Å². The number of rotatable bonds is 10. The molecule has 5 rings (SSSR count). The number of hydrogen-bond acceptors (Lipinski definition) is 6. The Bertz CT molecular complexity index is 1630. The fourth-order valence-corrected chi connectivity index (χ4v) is 9.06. The van der Waals surface area contributed by atoms with Crippen LogP contribution >= 0.6 is 0 Å². The average molecular weight is 673 g/mol. The topological polar surface area (TPSA) is 114 Å². The SMILES string of the molecule is C[C@@H]1CC([C@H](c2ccc(F)cc2)[C@H](N)C(=O)Nc2cccc(F)c2CC[C@H]2CNC[C@@H](C)N2S(=O)(=O)c2ccc(F)cc2)C[C@H](C)O1. The molecule has 4 N–H and O–H groups in total. The zero-order chi connectivity index (χ0) is 33.9. The molecule has 2 fully saturated rings. The Morgan fingerprint density at radius 2 is 1.57 bits per heavy atom. The van der Waals surface area contributed by atoms with Gasteiger partial charge in [-0.05, 0) is 106 Å². The Morgan fingerprint density at radius 3 is 2.21 bits per heavy atom. The molecule has 0 bridgehead atoms. The Morgan fingerprint density at radius 1 is 0.957 bits per heavy atom. The average Bonchev–Trinajstić information content (AvgIpc) is 3.01. The quantitative estimate of drug-likeness (QED) is 0.268.